The Balaban J connectivity index is 0.00000128. The van der Waals surface area contributed by atoms with Crippen molar-refractivity contribution in [1.82, 2.24) is 10.3 Å². The Hall–Kier alpha value is -0.0300. The summed E-state index contributed by atoms with van der Waals surface area (Å²) in [6.07, 6.45) is 4.24. The topological polar surface area (TPSA) is 34.1 Å². The number of halogens is 3. The van der Waals surface area contributed by atoms with E-state index in [1.165, 1.54) is 12.8 Å². The lowest BCUT2D eigenvalue weighted by atomic mass is 10.2. The number of rotatable bonds is 3. The minimum Gasteiger partial charge on any atom is -0.490 e. The SMILES string of the molecule is Cc1ncc(OC[C@@H]2CCCN2)cc1Br.Cl.Cl. The molecule has 17 heavy (non-hydrogen) atoms. The van der Waals surface area contributed by atoms with Crippen molar-refractivity contribution in [2.45, 2.75) is 25.8 Å². The third-order valence-corrected chi connectivity index (χ3v) is 3.42. The van der Waals surface area contributed by atoms with Crippen molar-refractivity contribution in [1.29, 1.82) is 0 Å². The van der Waals surface area contributed by atoms with Crippen molar-refractivity contribution < 1.29 is 4.74 Å². The van der Waals surface area contributed by atoms with Crippen molar-refractivity contribution in [3.05, 3.63) is 22.4 Å². The van der Waals surface area contributed by atoms with Crippen LogP contribution >= 0.6 is 40.7 Å². The molecule has 0 aromatic carbocycles. The van der Waals surface area contributed by atoms with Crippen LogP contribution in [0.1, 0.15) is 18.5 Å². The average Bonchev–Trinajstić information content (AvgIpc) is 2.73. The number of ether oxygens (including phenoxy) is 1. The minimum absolute atomic E-state index is 0. The Morgan fingerprint density at radius 2 is 2.29 bits per heavy atom. The van der Waals surface area contributed by atoms with Crippen LogP contribution in [0, 0.1) is 6.92 Å². The molecule has 0 amide bonds. The van der Waals surface area contributed by atoms with E-state index < -0.39 is 0 Å². The van der Waals surface area contributed by atoms with Crippen LogP contribution in [-0.2, 0) is 0 Å². The predicted molar refractivity (Wildman–Crippen MR) is 77.7 cm³/mol. The maximum absolute atomic E-state index is 5.67. The summed E-state index contributed by atoms with van der Waals surface area (Å²) in [5.74, 6) is 0.834. The summed E-state index contributed by atoms with van der Waals surface area (Å²) in [5, 5.41) is 3.40. The quantitative estimate of drug-likeness (QED) is 0.915. The summed E-state index contributed by atoms with van der Waals surface area (Å²) >= 11 is 3.44. The molecule has 0 saturated carbocycles. The summed E-state index contributed by atoms with van der Waals surface area (Å²) in [7, 11) is 0. The second-order valence-corrected chi connectivity index (χ2v) is 4.70. The van der Waals surface area contributed by atoms with Gasteiger partial charge in [0.1, 0.15) is 12.4 Å². The Kier molecular flexibility index (Phi) is 8.12. The predicted octanol–water partition coefficient (Wildman–Crippen LogP) is 3.13. The van der Waals surface area contributed by atoms with Crippen LogP contribution in [-0.4, -0.2) is 24.2 Å². The summed E-state index contributed by atoms with van der Waals surface area (Å²) < 4.78 is 6.67. The summed E-state index contributed by atoms with van der Waals surface area (Å²) in [5.41, 5.74) is 0.987. The zero-order valence-corrected chi connectivity index (χ0v) is 12.8. The number of hydrogen-bond donors (Lipinski definition) is 1. The molecule has 1 N–H and O–H groups in total. The number of nitrogens with one attached hydrogen (secondary N) is 1. The molecule has 0 unspecified atom stereocenters. The van der Waals surface area contributed by atoms with E-state index in [0.717, 1.165) is 29.1 Å². The Labute approximate surface area is 123 Å². The lowest BCUT2D eigenvalue weighted by Crippen LogP contribution is -2.28. The fraction of sp³-hybridized carbons (Fsp3) is 0.545. The summed E-state index contributed by atoms with van der Waals surface area (Å²) in [4.78, 5) is 4.23. The highest BCUT2D eigenvalue weighted by Gasteiger charge is 2.14. The Bertz CT molecular complexity index is 346. The first-order valence-electron chi connectivity index (χ1n) is 5.24. The monoisotopic (exact) mass is 342 g/mol. The molecule has 6 heteroatoms. The van der Waals surface area contributed by atoms with Gasteiger partial charge in [0, 0.05) is 10.5 Å². The highest BCUT2D eigenvalue weighted by Crippen LogP contribution is 2.20. The van der Waals surface area contributed by atoms with Crippen LogP contribution in [0.25, 0.3) is 0 Å². The average molecular weight is 344 g/mol. The molecule has 1 aromatic heterocycles. The van der Waals surface area contributed by atoms with Gasteiger partial charge in [-0.05, 0) is 48.3 Å². The molecule has 1 aromatic rings. The second-order valence-electron chi connectivity index (χ2n) is 3.84. The van der Waals surface area contributed by atoms with E-state index in [2.05, 4.69) is 26.2 Å². The molecule has 1 aliphatic heterocycles. The van der Waals surface area contributed by atoms with E-state index in [-0.39, 0.29) is 24.8 Å². The normalized spacial score (nSPS) is 18.1. The second kappa shape index (κ2) is 8.14. The molecule has 3 nitrogen and oxygen atoms in total. The van der Waals surface area contributed by atoms with Crippen LogP contribution < -0.4 is 10.1 Å². The number of aromatic nitrogens is 1. The molecule has 98 valence electrons. The number of hydrogen-bond acceptors (Lipinski definition) is 3. The van der Waals surface area contributed by atoms with Gasteiger partial charge in [0.15, 0.2) is 0 Å². The lowest BCUT2D eigenvalue weighted by Gasteiger charge is -2.12. The number of aryl methyl sites for hydroxylation is 1. The van der Waals surface area contributed by atoms with Crippen LogP contribution in [0.2, 0.25) is 0 Å². The van der Waals surface area contributed by atoms with E-state index >= 15 is 0 Å². The van der Waals surface area contributed by atoms with Gasteiger partial charge in [-0.3, -0.25) is 4.98 Å². The van der Waals surface area contributed by atoms with Crippen LogP contribution in [0.15, 0.2) is 16.7 Å². The molecule has 0 aliphatic carbocycles. The number of pyridine rings is 1. The fourth-order valence-electron chi connectivity index (χ4n) is 1.66. The minimum atomic E-state index is 0. The molecule has 1 atom stereocenters. The largest absolute Gasteiger partial charge is 0.490 e. The fourth-order valence-corrected chi connectivity index (χ4v) is 1.99. The maximum Gasteiger partial charge on any atom is 0.138 e. The van der Waals surface area contributed by atoms with Crippen LogP contribution in [0.5, 0.6) is 5.75 Å². The van der Waals surface area contributed by atoms with Crippen molar-refractivity contribution in [3.8, 4) is 5.75 Å². The first kappa shape index (κ1) is 17.0. The zero-order valence-electron chi connectivity index (χ0n) is 9.61. The molecule has 2 heterocycles. The van der Waals surface area contributed by atoms with E-state index in [1.54, 1.807) is 6.20 Å². The van der Waals surface area contributed by atoms with E-state index in [4.69, 9.17) is 4.74 Å². The maximum atomic E-state index is 5.67. The molecule has 2 rings (SSSR count). The Morgan fingerprint density at radius 3 is 2.88 bits per heavy atom. The van der Waals surface area contributed by atoms with Gasteiger partial charge in [-0.25, -0.2) is 0 Å². The van der Waals surface area contributed by atoms with E-state index in [9.17, 15) is 0 Å². The van der Waals surface area contributed by atoms with Gasteiger partial charge >= 0.3 is 0 Å². The van der Waals surface area contributed by atoms with Gasteiger partial charge in [0.2, 0.25) is 0 Å². The number of nitrogens with zero attached hydrogens (tertiary/aromatic N) is 1. The molecular formula is C11H17BrCl2N2O. The van der Waals surface area contributed by atoms with Crippen molar-refractivity contribution >= 4 is 40.7 Å². The molecular weight excluding hydrogens is 327 g/mol. The van der Waals surface area contributed by atoms with Gasteiger partial charge in [-0.1, -0.05) is 0 Å². The summed E-state index contributed by atoms with van der Waals surface area (Å²) in [6, 6.07) is 2.47. The van der Waals surface area contributed by atoms with Gasteiger partial charge in [-0.15, -0.1) is 24.8 Å². The van der Waals surface area contributed by atoms with Crippen molar-refractivity contribution in [2.24, 2.45) is 0 Å². The smallest absolute Gasteiger partial charge is 0.138 e. The lowest BCUT2D eigenvalue weighted by molar-refractivity contribution is 0.276. The van der Waals surface area contributed by atoms with E-state index in [1.807, 2.05) is 13.0 Å². The van der Waals surface area contributed by atoms with Crippen molar-refractivity contribution in [3.63, 3.8) is 0 Å². The van der Waals surface area contributed by atoms with Gasteiger partial charge in [0.25, 0.3) is 0 Å². The van der Waals surface area contributed by atoms with Crippen LogP contribution in [0.3, 0.4) is 0 Å². The highest BCUT2D eigenvalue weighted by molar-refractivity contribution is 9.10. The third kappa shape index (κ3) is 5.00. The molecule has 1 fully saturated rings. The van der Waals surface area contributed by atoms with Gasteiger partial charge in [0.05, 0.1) is 11.9 Å². The third-order valence-electron chi connectivity index (χ3n) is 2.61. The Morgan fingerprint density at radius 1 is 1.53 bits per heavy atom. The van der Waals surface area contributed by atoms with Gasteiger partial charge < -0.3 is 10.1 Å². The highest BCUT2D eigenvalue weighted by atomic mass is 79.9. The van der Waals surface area contributed by atoms with Crippen LogP contribution in [0.4, 0.5) is 0 Å². The molecule has 1 aliphatic rings. The molecule has 1 saturated heterocycles. The van der Waals surface area contributed by atoms with Gasteiger partial charge in [-0.2, -0.15) is 0 Å². The standard InChI is InChI=1S/C11H15BrN2O.2ClH/c1-8-11(12)5-10(6-14-8)15-7-9-3-2-4-13-9;;/h5-6,9,13H,2-4,7H2,1H3;2*1H/t9-;;/m0../s1. The van der Waals surface area contributed by atoms with E-state index in [0.29, 0.717) is 6.04 Å². The first-order valence-corrected chi connectivity index (χ1v) is 6.03. The first-order chi connectivity index (χ1) is 7.25. The van der Waals surface area contributed by atoms with Crippen molar-refractivity contribution in [2.75, 3.05) is 13.2 Å². The molecule has 0 spiro atoms. The zero-order chi connectivity index (χ0) is 10.7. The molecule has 0 radical (unpaired) electrons. The summed E-state index contributed by atoms with van der Waals surface area (Å²) in [6.45, 7) is 3.81. The molecule has 0 bridgehead atoms.